The molecule has 1 amide bonds. The van der Waals surface area contributed by atoms with E-state index in [1.54, 1.807) is 0 Å². The van der Waals surface area contributed by atoms with Gasteiger partial charge in [0.2, 0.25) is 5.91 Å². The van der Waals surface area contributed by atoms with Crippen molar-refractivity contribution in [3.8, 4) is 0 Å². The first-order chi connectivity index (χ1) is 10.5. The number of anilines is 1. The highest BCUT2D eigenvalue weighted by molar-refractivity contribution is 5.96. The number of carbonyl (C=O) groups excluding carboxylic acids is 1. The molecule has 0 atom stereocenters. The summed E-state index contributed by atoms with van der Waals surface area (Å²) in [5, 5.41) is 4.10. The van der Waals surface area contributed by atoms with E-state index >= 15 is 0 Å². The summed E-state index contributed by atoms with van der Waals surface area (Å²) in [7, 11) is 0. The van der Waals surface area contributed by atoms with Crippen LogP contribution in [-0.4, -0.2) is 10.9 Å². The molecule has 3 rings (SSSR count). The van der Waals surface area contributed by atoms with Gasteiger partial charge in [0.15, 0.2) is 0 Å². The molecule has 0 fully saturated rings. The summed E-state index contributed by atoms with van der Waals surface area (Å²) in [6.45, 7) is 6.12. The Morgan fingerprint density at radius 2 is 1.68 bits per heavy atom. The Hall–Kier alpha value is -2.55. The standard InChI is InChI=1S/C19H20N2O/c1-12-4-7-15(8-5-12)21-19(22)11-16-14(3)20-18-9-6-13(2)10-17(16)18/h4-10,20H,11H2,1-3H3,(H,21,22). The van der Waals surface area contributed by atoms with Gasteiger partial charge in [-0.3, -0.25) is 4.79 Å². The van der Waals surface area contributed by atoms with Gasteiger partial charge in [0.05, 0.1) is 6.42 Å². The summed E-state index contributed by atoms with van der Waals surface area (Å²) in [4.78, 5) is 15.7. The second-order valence-corrected chi connectivity index (χ2v) is 5.87. The molecule has 0 unspecified atom stereocenters. The lowest BCUT2D eigenvalue weighted by atomic mass is 10.1. The van der Waals surface area contributed by atoms with Gasteiger partial charge in [-0.15, -0.1) is 0 Å². The van der Waals surface area contributed by atoms with Crippen LogP contribution in [0.25, 0.3) is 10.9 Å². The highest BCUT2D eigenvalue weighted by Crippen LogP contribution is 2.24. The minimum Gasteiger partial charge on any atom is -0.358 e. The molecular weight excluding hydrogens is 272 g/mol. The van der Waals surface area contributed by atoms with E-state index < -0.39 is 0 Å². The van der Waals surface area contributed by atoms with Crippen LogP contribution in [0.5, 0.6) is 0 Å². The van der Waals surface area contributed by atoms with Crippen LogP contribution in [0.15, 0.2) is 42.5 Å². The van der Waals surface area contributed by atoms with Crippen LogP contribution in [-0.2, 0) is 11.2 Å². The Labute approximate surface area is 130 Å². The van der Waals surface area contributed by atoms with Crippen molar-refractivity contribution in [3.63, 3.8) is 0 Å². The van der Waals surface area contributed by atoms with E-state index in [1.807, 2.05) is 38.1 Å². The lowest BCUT2D eigenvalue weighted by molar-refractivity contribution is -0.115. The van der Waals surface area contributed by atoms with Crippen molar-refractivity contribution in [2.45, 2.75) is 27.2 Å². The third kappa shape index (κ3) is 2.89. The fourth-order valence-electron chi connectivity index (χ4n) is 2.73. The molecule has 2 N–H and O–H groups in total. The van der Waals surface area contributed by atoms with E-state index in [0.717, 1.165) is 27.8 Å². The van der Waals surface area contributed by atoms with Gasteiger partial charge in [0.25, 0.3) is 0 Å². The third-order valence-electron chi connectivity index (χ3n) is 3.95. The molecule has 0 aliphatic heterocycles. The summed E-state index contributed by atoms with van der Waals surface area (Å²) < 4.78 is 0. The van der Waals surface area contributed by atoms with E-state index in [1.165, 1.54) is 11.1 Å². The van der Waals surface area contributed by atoms with Crippen molar-refractivity contribution >= 4 is 22.5 Å². The zero-order chi connectivity index (χ0) is 15.7. The number of hydrogen-bond donors (Lipinski definition) is 2. The predicted molar refractivity (Wildman–Crippen MR) is 91.3 cm³/mol. The number of nitrogens with one attached hydrogen (secondary N) is 2. The number of fused-ring (bicyclic) bond motifs is 1. The summed E-state index contributed by atoms with van der Waals surface area (Å²) in [6.07, 6.45) is 0.378. The van der Waals surface area contributed by atoms with Gasteiger partial charge in [0.1, 0.15) is 0 Å². The molecule has 0 bridgehead atoms. The quantitative estimate of drug-likeness (QED) is 0.743. The summed E-state index contributed by atoms with van der Waals surface area (Å²) in [5.74, 6) is 0.00867. The van der Waals surface area contributed by atoms with Crippen LogP contribution in [0.3, 0.4) is 0 Å². The largest absolute Gasteiger partial charge is 0.358 e. The van der Waals surface area contributed by atoms with Crippen LogP contribution >= 0.6 is 0 Å². The number of hydrogen-bond acceptors (Lipinski definition) is 1. The van der Waals surface area contributed by atoms with Crippen LogP contribution in [0.4, 0.5) is 5.69 Å². The first kappa shape index (κ1) is 14.4. The molecule has 112 valence electrons. The SMILES string of the molecule is Cc1ccc(NC(=O)Cc2c(C)[nH]c3ccc(C)cc23)cc1. The van der Waals surface area contributed by atoms with Crippen molar-refractivity contribution in [1.29, 1.82) is 0 Å². The van der Waals surface area contributed by atoms with Gasteiger partial charge < -0.3 is 10.3 Å². The van der Waals surface area contributed by atoms with Crippen LogP contribution in [0.1, 0.15) is 22.4 Å². The number of H-pyrrole nitrogens is 1. The van der Waals surface area contributed by atoms with Crippen molar-refractivity contribution in [2.24, 2.45) is 0 Å². The van der Waals surface area contributed by atoms with E-state index in [2.05, 4.69) is 35.4 Å². The summed E-state index contributed by atoms with van der Waals surface area (Å²) in [6, 6.07) is 14.1. The third-order valence-corrected chi connectivity index (χ3v) is 3.95. The monoisotopic (exact) mass is 292 g/mol. The maximum atomic E-state index is 12.3. The van der Waals surface area contributed by atoms with E-state index in [4.69, 9.17) is 0 Å². The molecule has 22 heavy (non-hydrogen) atoms. The highest BCUT2D eigenvalue weighted by Gasteiger charge is 2.12. The van der Waals surface area contributed by atoms with Gasteiger partial charge in [-0.1, -0.05) is 29.3 Å². The highest BCUT2D eigenvalue weighted by atomic mass is 16.1. The molecule has 3 nitrogen and oxygen atoms in total. The van der Waals surface area contributed by atoms with Crippen LogP contribution in [0.2, 0.25) is 0 Å². The Morgan fingerprint density at radius 1 is 1.00 bits per heavy atom. The fourth-order valence-corrected chi connectivity index (χ4v) is 2.73. The maximum Gasteiger partial charge on any atom is 0.228 e. The van der Waals surface area contributed by atoms with E-state index in [0.29, 0.717) is 6.42 Å². The number of amides is 1. The molecule has 0 aliphatic rings. The molecule has 0 saturated heterocycles. The predicted octanol–water partition coefficient (Wildman–Crippen LogP) is 4.27. The molecule has 2 aromatic carbocycles. The van der Waals surface area contributed by atoms with Gasteiger partial charge >= 0.3 is 0 Å². The van der Waals surface area contributed by atoms with Gasteiger partial charge in [0, 0.05) is 22.3 Å². The average Bonchev–Trinajstić information content (AvgIpc) is 2.77. The van der Waals surface area contributed by atoms with E-state index in [-0.39, 0.29) is 5.91 Å². The zero-order valence-electron chi connectivity index (χ0n) is 13.2. The topological polar surface area (TPSA) is 44.9 Å². The second kappa shape index (κ2) is 5.68. The average molecular weight is 292 g/mol. The number of rotatable bonds is 3. The molecule has 1 heterocycles. The molecule has 0 saturated carbocycles. The Bertz CT molecular complexity index is 829. The molecule has 0 aliphatic carbocycles. The van der Waals surface area contributed by atoms with Crippen molar-refractivity contribution in [1.82, 2.24) is 4.98 Å². The number of aryl methyl sites for hydroxylation is 3. The number of benzene rings is 2. The van der Waals surface area contributed by atoms with E-state index in [9.17, 15) is 4.79 Å². The molecule has 0 spiro atoms. The van der Waals surface area contributed by atoms with Crippen molar-refractivity contribution < 1.29 is 4.79 Å². The molecular formula is C19H20N2O. The number of carbonyl (C=O) groups is 1. The Morgan fingerprint density at radius 3 is 2.41 bits per heavy atom. The minimum absolute atomic E-state index is 0.00867. The van der Waals surface area contributed by atoms with Crippen LogP contribution in [0, 0.1) is 20.8 Å². The molecule has 0 radical (unpaired) electrons. The normalized spacial score (nSPS) is 10.9. The smallest absolute Gasteiger partial charge is 0.228 e. The Kier molecular flexibility index (Phi) is 3.72. The molecule has 3 aromatic rings. The summed E-state index contributed by atoms with van der Waals surface area (Å²) >= 11 is 0. The first-order valence-corrected chi connectivity index (χ1v) is 7.47. The van der Waals surface area contributed by atoms with Gasteiger partial charge in [-0.05, 0) is 50.6 Å². The minimum atomic E-state index is 0.00867. The van der Waals surface area contributed by atoms with Gasteiger partial charge in [-0.2, -0.15) is 0 Å². The molecule has 3 heteroatoms. The number of aromatic amines is 1. The maximum absolute atomic E-state index is 12.3. The zero-order valence-corrected chi connectivity index (χ0v) is 13.2. The van der Waals surface area contributed by atoms with Gasteiger partial charge in [-0.25, -0.2) is 0 Å². The summed E-state index contributed by atoms with van der Waals surface area (Å²) in [5.41, 5.74) is 6.43. The van der Waals surface area contributed by atoms with Crippen LogP contribution < -0.4 is 5.32 Å². The first-order valence-electron chi connectivity index (χ1n) is 7.47. The lowest BCUT2D eigenvalue weighted by Gasteiger charge is -2.06. The second-order valence-electron chi connectivity index (χ2n) is 5.87. The fraction of sp³-hybridized carbons (Fsp3) is 0.211. The Balaban J connectivity index is 1.83. The lowest BCUT2D eigenvalue weighted by Crippen LogP contribution is -2.14. The van der Waals surface area contributed by atoms with Crippen molar-refractivity contribution in [2.75, 3.05) is 5.32 Å². The number of aromatic nitrogens is 1. The molecule has 1 aromatic heterocycles. The van der Waals surface area contributed by atoms with Crippen molar-refractivity contribution in [3.05, 3.63) is 64.8 Å².